The number of hydrogen-bond donors (Lipinski definition) is 2. The van der Waals surface area contributed by atoms with Gasteiger partial charge in [0.15, 0.2) is 0 Å². The molecule has 0 aliphatic heterocycles. The van der Waals surface area contributed by atoms with Gasteiger partial charge in [-0.1, -0.05) is 6.42 Å². The maximum Gasteiger partial charge on any atom is 0.391 e. The van der Waals surface area contributed by atoms with Gasteiger partial charge in [-0.15, -0.1) is 0 Å². The molecule has 1 aromatic heterocycles. The first-order chi connectivity index (χ1) is 9.84. The van der Waals surface area contributed by atoms with E-state index in [1.54, 1.807) is 16.9 Å². The minimum absolute atomic E-state index is 0.0810. The van der Waals surface area contributed by atoms with E-state index in [0.717, 1.165) is 0 Å². The zero-order chi connectivity index (χ0) is 15.5. The third-order valence-electron chi connectivity index (χ3n) is 3.72. The zero-order valence-corrected chi connectivity index (χ0v) is 11.6. The third-order valence-corrected chi connectivity index (χ3v) is 3.72. The van der Waals surface area contributed by atoms with Crippen molar-refractivity contribution in [2.45, 2.75) is 50.9 Å². The lowest BCUT2D eigenvalue weighted by atomic mass is 9.85. The van der Waals surface area contributed by atoms with E-state index in [1.807, 2.05) is 0 Å². The lowest BCUT2D eigenvalue weighted by Crippen LogP contribution is -2.34. The quantitative estimate of drug-likeness (QED) is 0.876. The molecule has 0 aromatic carbocycles. The molecule has 3 N–H and O–H groups in total. The molecule has 1 fully saturated rings. The molecule has 5 nitrogen and oxygen atoms in total. The van der Waals surface area contributed by atoms with Gasteiger partial charge in [0.05, 0.1) is 5.92 Å². The van der Waals surface area contributed by atoms with Crippen LogP contribution in [0.5, 0.6) is 0 Å². The Balaban J connectivity index is 1.88. The molecule has 8 heteroatoms. The van der Waals surface area contributed by atoms with Crippen molar-refractivity contribution in [1.82, 2.24) is 9.78 Å². The molecule has 0 unspecified atom stereocenters. The summed E-state index contributed by atoms with van der Waals surface area (Å²) in [4.78, 5) is 10.7. The van der Waals surface area contributed by atoms with E-state index in [0.29, 0.717) is 25.2 Å². The molecule has 0 saturated heterocycles. The van der Waals surface area contributed by atoms with E-state index in [4.69, 9.17) is 5.73 Å². The van der Waals surface area contributed by atoms with Crippen molar-refractivity contribution in [2.24, 2.45) is 11.7 Å². The standard InChI is InChI=1S/C13H19F3N4O/c14-13(15,16)9-2-1-3-10(8-9)18-12-5-7-20(19-12)6-4-11(17)21/h5,7,9-10H,1-4,6,8H2,(H2,17,21)(H,18,19)/t9-,10+/m0/s1. The fourth-order valence-corrected chi connectivity index (χ4v) is 2.62. The lowest BCUT2D eigenvalue weighted by molar-refractivity contribution is -0.182. The Morgan fingerprint density at radius 3 is 2.90 bits per heavy atom. The number of nitrogens with zero attached hydrogens (tertiary/aromatic N) is 2. The number of amides is 1. The third kappa shape index (κ3) is 4.64. The molecule has 1 aliphatic carbocycles. The van der Waals surface area contributed by atoms with Crippen LogP contribution in [-0.2, 0) is 11.3 Å². The smallest absolute Gasteiger partial charge is 0.370 e. The molecule has 2 atom stereocenters. The molecule has 1 heterocycles. The second kappa shape index (κ2) is 6.36. The maximum absolute atomic E-state index is 12.7. The summed E-state index contributed by atoms with van der Waals surface area (Å²) in [6, 6.07) is 1.47. The largest absolute Gasteiger partial charge is 0.391 e. The second-order valence-corrected chi connectivity index (χ2v) is 5.43. The number of primary amides is 1. The van der Waals surface area contributed by atoms with Crippen LogP contribution in [-0.4, -0.2) is 27.9 Å². The number of alkyl halides is 3. The van der Waals surface area contributed by atoms with Crippen molar-refractivity contribution in [3.63, 3.8) is 0 Å². The molecular weight excluding hydrogens is 285 g/mol. The number of anilines is 1. The summed E-state index contributed by atoms with van der Waals surface area (Å²) in [6.07, 6.45) is -0.714. The number of carbonyl (C=O) groups excluding carboxylic acids is 1. The van der Waals surface area contributed by atoms with Crippen LogP contribution >= 0.6 is 0 Å². The first-order valence-corrected chi connectivity index (χ1v) is 6.99. The minimum Gasteiger partial charge on any atom is -0.370 e. The number of aromatic nitrogens is 2. The Hall–Kier alpha value is -1.73. The molecule has 1 amide bonds. The number of rotatable bonds is 5. The van der Waals surface area contributed by atoms with Crippen molar-refractivity contribution in [3.8, 4) is 0 Å². The first kappa shape index (κ1) is 15.7. The fraction of sp³-hybridized carbons (Fsp3) is 0.692. The molecule has 118 valence electrons. The number of nitrogens with two attached hydrogens (primary N) is 1. The first-order valence-electron chi connectivity index (χ1n) is 6.99. The van der Waals surface area contributed by atoms with E-state index < -0.39 is 18.0 Å². The molecule has 1 saturated carbocycles. The van der Waals surface area contributed by atoms with E-state index in [2.05, 4.69) is 10.4 Å². The Morgan fingerprint density at radius 2 is 2.24 bits per heavy atom. The molecule has 2 rings (SSSR count). The van der Waals surface area contributed by atoms with Gasteiger partial charge < -0.3 is 11.1 Å². The van der Waals surface area contributed by atoms with Crippen molar-refractivity contribution >= 4 is 11.7 Å². The molecule has 21 heavy (non-hydrogen) atoms. The number of hydrogen-bond acceptors (Lipinski definition) is 3. The van der Waals surface area contributed by atoms with Crippen molar-refractivity contribution in [2.75, 3.05) is 5.32 Å². The highest BCUT2D eigenvalue weighted by molar-refractivity contribution is 5.73. The van der Waals surface area contributed by atoms with Gasteiger partial charge in [-0.3, -0.25) is 9.48 Å². The number of nitrogens with one attached hydrogen (secondary N) is 1. The molecule has 0 spiro atoms. The second-order valence-electron chi connectivity index (χ2n) is 5.43. The van der Waals surface area contributed by atoms with Crippen LogP contribution in [0.4, 0.5) is 19.0 Å². The molecular formula is C13H19F3N4O. The Kier molecular flexibility index (Phi) is 4.74. The fourth-order valence-electron chi connectivity index (χ4n) is 2.62. The van der Waals surface area contributed by atoms with Crippen molar-refractivity contribution in [1.29, 1.82) is 0 Å². The van der Waals surface area contributed by atoms with Gasteiger partial charge in [0.2, 0.25) is 5.91 Å². The van der Waals surface area contributed by atoms with Gasteiger partial charge in [-0.05, 0) is 19.3 Å². The van der Waals surface area contributed by atoms with Gasteiger partial charge in [0.25, 0.3) is 0 Å². The van der Waals surface area contributed by atoms with E-state index in [9.17, 15) is 18.0 Å². The van der Waals surface area contributed by atoms with Crippen molar-refractivity contribution < 1.29 is 18.0 Å². The van der Waals surface area contributed by atoms with Crippen molar-refractivity contribution in [3.05, 3.63) is 12.3 Å². The summed E-state index contributed by atoms with van der Waals surface area (Å²) in [5.41, 5.74) is 5.05. The number of aryl methyl sites for hydroxylation is 1. The molecule has 0 radical (unpaired) electrons. The Bertz CT molecular complexity index is 486. The molecule has 1 aromatic rings. The van der Waals surface area contributed by atoms with Gasteiger partial charge in [0, 0.05) is 31.3 Å². The topological polar surface area (TPSA) is 72.9 Å². The summed E-state index contributed by atoms with van der Waals surface area (Å²) in [5.74, 6) is -1.12. The normalized spacial score (nSPS) is 23.0. The predicted molar refractivity (Wildman–Crippen MR) is 71.5 cm³/mol. The van der Waals surface area contributed by atoms with E-state index >= 15 is 0 Å². The van der Waals surface area contributed by atoms with Crippen LogP contribution in [0.25, 0.3) is 0 Å². The zero-order valence-electron chi connectivity index (χ0n) is 11.6. The summed E-state index contributed by atoms with van der Waals surface area (Å²) in [5, 5.41) is 7.22. The lowest BCUT2D eigenvalue weighted by Gasteiger charge is -2.31. The van der Waals surface area contributed by atoms with Crippen LogP contribution in [0, 0.1) is 5.92 Å². The molecule has 1 aliphatic rings. The summed E-state index contributed by atoms with van der Waals surface area (Å²) in [7, 11) is 0. The van der Waals surface area contributed by atoms with Crippen LogP contribution in [0.2, 0.25) is 0 Å². The summed E-state index contributed by atoms with van der Waals surface area (Å²) < 4.78 is 39.8. The number of carbonyl (C=O) groups is 1. The monoisotopic (exact) mass is 304 g/mol. The van der Waals surface area contributed by atoms with Gasteiger partial charge in [0.1, 0.15) is 5.82 Å². The predicted octanol–water partition coefficient (Wildman–Crippen LogP) is 2.29. The average molecular weight is 304 g/mol. The van der Waals surface area contributed by atoms with Crippen LogP contribution in [0.15, 0.2) is 12.3 Å². The van der Waals surface area contributed by atoms with E-state index in [1.165, 1.54) is 0 Å². The van der Waals surface area contributed by atoms with E-state index in [-0.39, 0.29) is 25.3 Å². The van der Waals surface area contributed by atoms with Crippen LogP contribution < -0.4 is 11.1 Å². The Labute approximate surface area is 120 Å². The minimum atomic E-state index is -4.12. The summed E-state index contributed by atoms with van der Waals surface area (Å²) >= 11 is 0. The van der Waals surface area contributed by atoms with Gasteiger partial charge in [-0.2, -0.15) is 18.3 Å². The highest BCUT2D eigenvalue weighted by Crippen LogP contribution is 2.38. The van der Waals surface area contributed by atoms with Crippen LogP contribution in [0.1, 0.15) is 32.1 Å². The van der Waals surface area contributed by atoms with Gasteiger partial charge >= 0.3 is 6.18 Å². The SMILES string of the molecule is NC(=O)CCn1ccc(N[C@@H]2CCC[C@H](C(F)(F)F)C2)n1. The van der Waals surface area contributed by atoms with Crippen LogP contribution in [0.3, 0.4) is 0 Å². The average Bonchev–Trinajstić information content (AvgIpc) is 2.83. The maximum atomic E-state index is 12.7. The highest BCUT2D eigenvalue weighted by atomic mass is 19.4. The molecule has 0 bridgehead atoms. The van der Waals surface area contributed by atoms with Gasteiger partial charge in [-0.25, -0.2) is 0 Å². The Morgan fingerprint density at radius 1 is 1.48 bits per heavy atom. The summed E-state index contributed by atoms with van der Waals surface area (Å²) in [6.45, 7) is 0.368. The highest BCUT2D eigenvalue weighted by Gasteiger charge is 2.42. The number of halogens is 3.